The van der Waals surface area contributed by atoms with E-state index in [4.69, 9.17) is 16.0 Å². The summed E-state index contributed by atoms with van der Waals surface area (Å²) in [6.45, 7) is 0. The van der Waals surface area contributed by atoms with Crippen LogP contribution in [0.4, 0.5) is 0 Å². The van der Waals surface area contributed by atoms with Crippen molar-refractivity contribution in [1.29, 1.82) is 0 Å². The van der Waals surface area contributed by atoms with Crippen LogP contribution in [0.2, 0.25) is 5.02 Å². The first-order valence-corrected chi connectivity index (χ1v) is 7.40. The number of halogens is 1. The van der Waals surface area contributed by atoms with Crippen LogP contribution in [0.1, 0.15) is 0 Å². The standard InChI is InChI=1S/C19H12ClNO/c20-15-11-9-13(10-12-15)16-7-4-8-17-18(16)22-19(21-17)14-5-2-1-3-6-14/h1-12H. The normalized spacial score (nSPS) is 11.0. The molecule has 0 aliphatic heterocycles. The Bertz CT molecular complexity index is 927. The largest absolute Gasteiger partial charge is 0.435 e. The Labute approximate surface area is 133 Å². The second-order valence-corrected chi connectivity index (χ2v) is 5.48. The molecule has 0 bridgehead atoms. The number of hydrogen-bond acceptors (Lipinski definition) is 2. The summed E-state index contributed by atoms with van der Waals surface area (Å²) >= 11 is 5.97. The summed E-state index contributed by atoms with van der Waals surface area (Å²) in [5, 5.41) is 0.721. The monoisotopic (exact) mass is 305 g/mol. The Morgan fingerprint density at radius 3 is 2.27 bits per heavy atom. The van der Waals surface area contributed by atoms with E-state index in [1.807, 2.05) is 72.8 Å². The summed E-state index contributed by atoms with van der Waals surface area (Å²) in [5.74, 6) is 0.636. The Hall–Kier alpha value is -2.58. The Morgan fingerprint density at radius 2 is 1.50 bits per heavy atom. The predicted molar refractivity (Wildman–Crippen MR) is 89.9 cm³/mol. The molecule has 1 heterocycles. The van der Waals surface area contributed by atoms with Crippen LogP contribution in [0, 0.1) is 0 Å². The van der Waals surface area contributed by atoms with Crippen molar-refractivity contribution in [2.45, 2.75) is 0 Å². The van der Waals surface area contributed by atoms with Gasteiger partial charge in [-0.25, -0.2) is 4.98 Å². The smallest absolute Gasteiger partial charge is 0.227 e. The van der Waals surface area contributed by atoms with Gasteiger partial charge in [0.25, 0.3) is 0 Å². The van der Waals surface area contributed by atoms with E-state index in [0.29, 0.717) is 5.89 Å². The lowest BCUT2D eigenvalue weighted by Crippen LogP contribution is -1.78. The Kier molecular flexibility index (Phi) is 3.17. The van der Waals surface area contributed by atoms with Gasteiger partial charge in [-0.05, 0) is 35.9 Å². The number of oxazole rings is 1. The van der Waals surface area contributed by atoms with Crippen LogP contribution in [0.5, 0.6) is 0 Å². The average Bonchev–Trinajstić information content (AvgIpc) is 3.01. The topological polar surface area (TPSA) is 26.0 Å². The van der Waals surface area contributed by atoms with Gasteiger partial charge in [-0.2, -0.15) is 0 Å². The number of nitrogens with zero attached hydrogens (tertiary/aromatic N) is 1. The Morgan fingerprint density at radius 1 is 0.727 bits per heavy atom. The van der Waals surface area contributed by atoms with Gasteiger partial charge < -0.3 is 4.42 Å². The van der Waals surface area contributed by atoms with Crippen molar-refractivity contribution >= 4 is 22.7 Å². The zero-order valence-corrected chi connectivity index (χ0v) is 12.4. The molecule has 0 atom stereocenters. The maximum Gasteiger partial charge on any atom is 0.227 e. The molecule has 0 aliphatic rings. The van der Waals surface area contributed by atoms with E-state index >= 15 is 0 Å². The molecule has 0 saturated heterocycles. The van der Waals surface area contributed by atoms with Gasteiger partial charge in [0.15, 0.2) is 5.58 Å². The van der Waals surface area contributed by atoms with E-state index in [9.17, 15) is 0 Å². The molecular formula is C19H12ClNO. The molecule has 1 aromatic heterocycles. The predicted octanol–water partition coefficient (Wildman–Crippen LogP) is 5.82. The summed E-state index contributed by atoms with van der Waals surface area (Å²) in [6.07, 6.45) is 0. The highest BCUT2D eigenvalue weighted by molar-refractivity contribution is 6.30. The minimum atomic E-state index is 0.636. The third-order valence-corrected chi connectivity index (χ3v) is 3.84. The first-order valence-electron chi connectivity index (χ1n) is 7.02. The zero-order chi connectivity index (χ0) is 14.9. The van der Waals surface area contributed by atoms with E-state index in [-0.39, 0.29) is 0 Å². The van der Waals surface area contributed by atoms with E-state index in [0.717, 1.165) is 32.8 Å². The number of fused-ring (bicyclic) bond motifs is 1. The van der Waals surface area contributed by atoms with Crippen molar-refractivity contribution in [3.63, 3.8) is 0 Å². The van der Waals surface area contributed by atoms with Crippen molar-refractivity contribution < 1.29 is 4.42 Å². The molecule has 4 rings (SSSR count). The van der Waals surface area contributed by atoms with Gasteiger partial charge in [-0.1, -0.05) is 54.1 Å². The zero-order valence-electron chi connectivity index (χ0n) is 11.7. The van der Waals surface area contributed by atoms with E-state index < -0.39 is 0 Å². The summed E-state index contributed by atoms with van der Waals surface area (Å²) in [5.41, 5.74) is 4.70. The Balaban J connectivity index is 1.90. The maximum absolute atomic E-state index is 6.03. The van der Waals surface area contributed by atoms with Crippen molar-refractivity contribution in [2.75, 3.05) is 0 Å². The van der Waals surface area contributed by atoms with Gasteiger partial charge in [-0.3, -0.25) is 0 Å². The number of rotatable bonds is 2. The molecule has 0 aliphatic carbocycles. The third kappa shape index (κ3) is 2.28. The van der Waals surface area contributed by atoms with Crippen LogP contribution in [0.3, 0.4) is 0 Å². The van der Waals surface area contributed by atoms with Gasteiger partial charge in [0.1, 0.15) is 5.52 Å². The molecule has 0 radical (unpaired) electrons. The van der Waals surface area contributed by atoms with Crippen LogP contribution >= 0.6 is 11.6 Å². The van der Waals surface area contributed by atoms with Gasteiger partial charge in [0.05, 0.1) is 0 Å². The lowest BCUT2D eigenvalue weighted by Gasteiger charge is -2.02. The van der Waals surface area contributed by atoms with Crippen LogP contribution in [0.25, 0.3) is 33.7 Å². The van der Waals surface area contributed by atoms with E-state index in [2.05, 4.69) is 4.98 Å². The molecule has 0 unspecified atom stereocenters. The first kappa shape index (κ1) is 13.1. The molecule has 0 saturated carbocycles. The molecule has 3 aromatic carbocycles. The fourth-order valence-corrected chi connectivity index (χ4v) is 2.64. The van der Waals surface area contributed by atoms with Gasteiger partial charge in [-0.15, -0.1) is 0 Å². The van der Waals surface area contributed by atoms with Gasteiger partial charge in [0.2, 0.25) is 5.89 Å². The molecule has 106 valence electrons. The first-order chi connectivity index (χ1) is 10.8. The highest BCUT2D eigenvalue weighted by Gasteiger charge is 2.12. The highest BCUT2D eigenvalue weighted by Crippen LogP contribution is 2.32. The molecule has 4 aromatic rings. The molecule has 0 N–H and O–H groups in total. The third-order valence-electron chi connectivity index (χ3n) is 3.59. The van der Waals surface area contributed by atoms with Crippen LogP contribution in [-0.4, -0.2) is 4.98 Å². The molecule has 2 nitrogen and oxygen atoms in total. The molecule has 3 heteroatoms. The number of hydrogen-bond donors (Lipinski definition) is 0. The minimum Gasteiger partial charge on any atom is -0.435 e. The number of benzene rings is 3. The molecule has 0 amide bonds. The van der Waals surface area contributed by atoms with Gasteiger partial charge >= 0.3 is 0 Å². The quantitative estimate of drug-likeness (QED) is 0.466. The van der Waals surface area contributed by atoms with Crippen molar-refractivity contribution in [1.82, 2.24) is 4.98 Å². The fraction of sp³-hybridized carbons (Fsp3) is 0. The van der Waals surface area contributed by atoms with Crippen molar-refractivity contribution in [3.8, 4) is 22.6 Å². The number of para-hydroxylation sites is 1. The molecule has 0 fully saturated rings. The van der Waals surface area contributed by atoms with Crippen molar-refractivity contribution in [3.05, 3.63) is 77.8 Å². The SMILES string of the molecule is Clc1ccc(-c2cccc3nc(-c4ccccc4)oc23)cc1. The van der Waals surface area contributed by atoms with E-state index in [1.54, 1.807) is 0 Å². The van der Waals surface area contributed by atoms with Gasteiger partial charge in [0, 0.05) is 16.1 Å². The van der Waals surface area contributed by atoms with Crippen LogP contribution in [-0.2, 0) is 0 Å². The lowest BCUT2D eigenvalue weighted by atomic mass is 10.1. The number of aromatic nitrogens is 1. The lowest BCUT2D eigenvalue weighted by molar-refractivity contribution is 0.621. The maximum atomic E-state index is 6.03. The minimum absolute atomic E-state index is 0.636. The molecule has 0 spiro atoms. The van der Waals surface area contributed by atoms with Crippen molar-refractivity contribution in [2.24, 2.45) is 0 Å². The molecular weight excluding hydrogens is 294 g/mol. The second kappa shape index (κ2) is 5.32. The summed E-state index contributed by atoms with van der Waals surface area (Å²) in [6, 6.07) is 23.6. The average molecular weight is 306 g/mol. The fourth-order valence-electron chi connectivity index (χ4n) is 2.51. The highest BCUT2D eigenvalue weighted by atomic mass is 35.5. The second-order valence-electron chi connectivity index (χ2n) is 5.05. The summed E-state index contributed by atoms with van der Waals surface area (Å²) in [4.78, 5) is 4.59. The summed E-state index contributed by atoms with van der Waals surface area (Å²) in [7, 11) is 0. The molecule has 22 heavy (non-hydrogen) atoms. The van der Waals surface area contributed by atoms with E-state index in [1.165, 1.54) is 0 Å². The van der Waals surface area contributed by atoms with Crippen LogP contribution < -0.4 is 0 Å². The van der Waals surface area contributed by atoms with Crippen LogP contribution in [0.15, 0.2) is 77.2 Å². The summed E-state index contributed by atoms with van der Waals surface area (Å²) < 4.78 is 6.03.